The van der Waals surface area contributed by atoms with Crippen LogP contribution in [0.15, 0.2) is 48.5 Å². The van der Waals surface area contributed by atoms with E-state index in [0.717, 1.165) is 18.8 Å². The molecular formula is C28H29Cl2N5O4. The summed E-state index contributed by atoms with van der Waals surface area (Å²) in [5.74, 6) is 0.279. The van der Waals surface area contributed by atoms with E-state index < -0.39 is 5.91 Å². The molecule has 3 aromatic carbocycles. The zero-order valence-corrected chi connectivity index (χ0v) is 23.3. The number of amides is 2. The predicted octanol–water partition coefficient (Wildman–Crippen LogP) is 4.68. The molecule has 4 N–H and O–H groups in total. The number of hydrogen-bond acceptors (Lipinski definition) is 7. The number of carbonyl (C=O) groups excluding carboxylic acids is 2. The van der Waals surface area contributed by atoms with Crippen LogP contribution in [-0.2, 0) is 4.79 Å². The van der Waals surface area contributed by atoms with Crippen molar-refractivity contribution in [3.05, 3.63) is 69.7 Å². The van der Waals surface area contributed by atoms with Crippen molar-refractivity contribution in [3.8, 4) is 22.6 Å². The second kappa shape index (κ2) is 11.8. The molecule has 0 radical (unpaired) electrons. The Kier molecular flexibility index (Phi) is 8.52. The Balaban J connectivity index is 1.47. The Morgan fingerprint density at radius 2 is 1.51 bits per heavy atom. The molecule has 0 aromatic heterocycles. The van der Waals surface area contributed by atoms with Gasteiger partial charge in [0, 0.05) is 67.2 Å². The van der Waals surface area contributed by atoms with Crippen molar-refractivity contribution in [2.75, 3.05) is 51.0 Å². The van der Waals surface area contributed by atoms with E-state index in [1.165, 1.54) is 14.2 Å². The molecule has 0 unspecified atom stereocenters. The van der Waals surface area contributed by atoms with Crippen LogP contribution in [0.1, 0.15) is 22.8 Å². The van der Waals surface area contributed by atoms with Gasteiger partial charge in [0.25, 0.3) is 5.91 Å². The summed E-state index contributed by atoms with van der Waals surface area (Å²) in [6.45, 7) is 4.36. The van der Waals surface area contributed by atoms with E-state index in [4.69, 9.17) is 43.8 Å². The highest BCUT2D eigenvalue weighted by Crippen LogP contribution is 2.46. The smallest absolute Gasteiger partial charge is 0.256 e. The minimum absolute atomic E-state index is 0.0764. The number of halogens is 2. The van der Waals surface area contributed by atoms with Crippen molar-refractivity contribution < 1.29 is 19.1 Å². The summed E-state index contributed by atoms with van der Waals surface area (Å²) in [6.07, 6.45) is 0. The first kappa shape index (κ1) is 28.1. The van der Waals surface area contributed by atoms with Gasteiger partial charge in [0.1, 0.15) is 17.3 Å². The number of anilines is 2. The third-order valence-corrected chi connectivity index (χ3v) is 7.39. The highest BCUT2D eigenvalue weighted by molar-refractivity contribution is 6.41. The van der Waals surface area contributed by atoms with Gasteiger partial charge in [-0.25, -0.2) is 0 Å². The molecule has 4 rings (SSSR count). The van der Waals surface area contributed by atoms with Gasteiger partial charge >= 0.3 is 0 Å². The molecule has 2 amide bonds. The van der Waals surface area contributed by atoms with Crippen molar-refractivity contribution in [1.29, 1.82) is 5.41 Å². The lowest BCUT2D eigenvalue weighted by Crippen LogP contribution is -2.48. The number of hydrogen-bond donors (Lipinski definition) is 3. The third kappa shape index (κ3) is 5.89. The van der Waals surface area contributed by atoms with Gasteiger partial charge in [0.2, 0.25) is 5.91 Å². The Hall–Kier alpha value is -3.95. The summed E-state index contributed by atoms with van der Waals surface area (Å²) >= 11 is 13.0. The summed E-state index contributed by atoms with van der Waals surface area (Å²) in [7, 11) is 2.98. The molecule has 1 saturated heterocycles. The van der Waals surface area contributed by atoms with Gasteiger partial charge in [0.15, 0.2) is 0 Å². The van der Waals surface area contributed by atoms with E-state index >= 15 is 0 Å². The molecule has 1 aliphatic rings. The fourth-order valence-electron chi connectivity index (χ4n) is 4.44. The molecule has 0 bridgehead atoms. The number of ether oxygens (including phenoxy) is 2. The molecule has 0 saturated carbocycles. The van der Waals surface area contributed by atoms with Crippen molar-refractivity contribution in [2.24, 2.45) is 0 Å². The number of benzene rings is 3. The van der Waals surface area contributed by atoms with Gasteiger partial charge in [-0.05, 0) is 42.0 Å². The quantitative estimate of drug-likeness (QED) is 0.225. The van der Waals surface area contributed by atoms with Crippen LogP contribution in [0.25, 0.3) is 11.1 Å². The maximum absolute atomic E-state index is 12.9. The average molecular weight is 570 g/mol. The van der Waals surface area contributed by atoms with Crippen LogP contribution in [0, 0.1) is 5.41 Å². The van der Waals surface area contributed by atoms with Crippen LogP contribution in [-0.4, -0.2) is 62.9 Å². The molecule has 11 heteroatoms. The second-order valence-electron chi connectivity index (χ2n) is 8.96. The molecule has 204 valence electrons. The van der Waals surface area contributed by atoms with Gasteiger partial charge in [-0.3, -0.25) is 15.0 Å². The molecule has 0 spiro atoms. The van der Waals surface area contributed by atoms with Gasteiger partial charge in [-0.2, -0.15) is 0 Å². The topological polar surface area (TPSA) is 121 Å². The fraction of sp³-hybridized carbons (Fsp3) is 0.250. The Morgan fingerprint density at radius 1 is 0.923 bits per heavy atom. The lowest BCUT2D eigenvalue weighted by Gasteiger charge is -2.35. The van der Waals surface area contributed by atoms with Crippen LogP contribution in [0.3, 0.4) is 0 Å². The van der Waals surface area contributed by atoms with Gasteiger partial charge in [0.05, 0.1) is 24.3 Å². The van der Waals surface area contributed by atoms with E-state index in [1.54, 1.807) is 43.3 Å². The highest BCUT2D eigenvalue weighted by Gasteiger charge is 2.21. The summed E-state index contributed by atoms with van der Waals surface area (Å²) in [5, 5.41) is 11.6. The third-order valence-electron chi connectivity index (χ3n) is 6.64. The minimum Gasteiger partial charge on any atom is -0.495 e. The summed E-state index contributed by atoms with van der Waals surface area (Å²) in [4.78, 5) is 28.4. The number of rotatable bonds is 6. The van der Waals surface area contributed by atoms with Crippen LogP contribution in [0.4, 0.5) is 11.4 Å². The molecule has 0 atom stereocenters. The monoisotopic (exact) mass is 569 g/mol. The number of methoxy groups -OCH3 is 2. The molecule has 39 heavy (non-hydrogen) atoms. The Morgan fingerprint density at radius 3 is 2.03 bits per heavy atom. The zero-order chi connectivity index (χ0) is 28.3. The van der Waals surface area contributed by atoms with Gasteiger partial charge < -0.3 is 30.3 Å². The van der Waals surface area contributed by atoms with Gasteiger partial charge in [-0.15, -0.1) is 0 Å². The highest BCUT2D eigenvalue weighted by atomic mass is 35.5. The largest absolute Gasteiger partial charge is 0.495 e. The number of piperazine rings is 1. The number of nitrogen functional groups attached to an aromatic ring is 1. The first-order valence-corrected chi connectivity index (χ1v) is 12.9. The average Bonchev–Trinajstić information content (AvgIpc) is 2.93. The predicted molar refractivity (Wildman–Crippen MR) is 155 cm³/mol. The maximum Gasteiger partial charge on any atom is 0.256 e. The first-order valence-electron chi connectivity index (χ1n) is 12.1. The first-order chi connectivity index (χ1) is 18.6. The standard InChI is InChI=1S/C28H29Cl2N5O4/c1-16(36)34-10-12-35(13-11-34)19-7-4-17(5-8-19)28(37)33-27(32)20-9-6-18(14-21(20)31)24-25(29)22(38-2)15-23(39-3)26(24)30/h4-9,14-15H,10-13,31H2,1-3H3,(H2,32,33,37). The molecular weight excluding hydrogens is 541 g/mol. The van der Waals surface area contributed by atoms with E-state index in [2.05, 4.69) is 10.2 Å². The molecule has 1 fully saturated rings. The lowest BCUT2D eigenvalue weighted by atomic mass is 10.0. The van der Waals surface area contributed by atoms with Crippen LogP contribution in [0.2, 0.25) is 10.0 Å². The summed E-state index contributed by atoms with van der Waals surface area (Å²) in [5.41, 5.74) is 9.33. The van der Waals surface area contributed by atoms with Crippen LogP contribution >= 0.6 is 23.2 Å². The number of nitrogens with two attached hydrogens (primary N) is 1. The van der Waals surface area contributed by atoms with Crippen LogP contribution in [0.5, 0.6) is 11.5 Å². The van der Waals surface area contributed by atoms with Crippen molar-refractivity contribution in [1.82, 2.24) is 10.2 Å². The summed E-state index contributed by atoms with van der Waals surface area (Å²) in [6, 6.07) is 13.7. The number of amidine groups is 1. The number of nitrogens with zero attached hydrogens (tertiary/aromatic N) is 2. The van der Waals surface area contributed by atoms with Crippen molar-refractivity contribution in [3.63, 3.8) is 0 Å². The van der Waals surface area contributed by atoms with Gasteiger partial charge in [-0.1, -0.05) is 29.3 Å². The maximum atomic E-state index is 12.9. The normalized spacial score (nSPS) is 13.2. The minimum atomic E-state index is -0.431. The molecule has 9 nitrogen and oxygen atoms in total. The van der Waals surface area contributed by atoms with E-state index in [1.807, 2.05) is 17.0 Å². The zero-order valence-electron chi connectivity index (χ0n) is 21.8. The molecule has 1 heterocycles. The lowest BCUT2D eigenvalue weighted by molar-refractivity contribution is -0.129. The molecule has 3 aromatic rings. The molecule has 1 aliphatic heterocycles. The second-order valence-corrected chi connectivity index (χ2v) is 9.71. The van der Waals surface area contributed by atoms with Crippen molar-refractivity contribution >= 4 is 52.2 Å². The SMILES string of the molecule is COc1cc(OC)c(Cl)c(-c2ccc(C(=N)NC(=O)c3ccc(N4CCN(C(C)=O)CC4)cc3)c(N)c2)c1Cl. The Labute approximate surface area is 236 Å². The Bertz CT molecular complexity index is 1390. The van der Waals surface area contributed by atoms with Crippen LogP contribution < -0.4 is 25.4 Å². The number of carbonyl (C=O) groups is 2. The van der Waals surface area contributed by atoms with E-state index in [9.17, 15) is 9.59 Å². The number of nitrogens with one attached hydrogen (secondary N) is 2. The van der Waals surface area contributed by atoms with Crippen molar-refractivity contribution in [2.45, 2.75) is 6.92 Å². The molecule has 0 aliphatic carbocycles. The fourth-order valence-corrected chi connectivity index (χ4v) is 5.16. The summed E-state index contributed by atoms with van der Waals surface area (Å²) < 4.78 is 10.7. The van der Waals surface area contributed by atoms with E-state index in [-0.39, 0.29) is 17.4 Å². The van der Waals surface area contributed by atoms with E-state index in [0.29, 0.717) is 56.9 Å².